The maximum atomic E-state index is 12.1. The normalized spacial score (nSPS) is 10.7. The van der Waals surface area contributed by atoms with Crippen molar-refractivity contribution in [3.8, 4) is 0 Å². The van der Waals surface area contributed by atoms with Gasteiger partial charge in [0.2, 0.25) is 5.91 Å². The summed E-state index contributed by atoms with van der Waals surface area (Å²) < 4.78 is 1.65. The van der Waals surface area contributed by atoms with E-state index in [-0.39, 0.29) is 18.2 Å². The van der Waals surface area contributed by atoms with Gasteiger partial charge in [0.15, 0.2) is 0 Å². The minimum Gasteiger partial charge on any atom is -0.273 e. The summed E-state index contributed by atoms with van der Waals surface area (Å²) in [5.41, 5.74) is 8.95. The summed E-state index contributed by atoms with van der Waals surface area (Å²) in [6, 6.07) is 7.19. The van der Waals surface area contributed by atoms with Crippen LogP contribution in [0.15, 0.2) is 30.6 Å². The van der Waals surface area contributed by atoms with E-state index in [0.29, 0.717) is 17.8 Å². The van der Waals surface area contributed by atoms with Gasteiger partial charge in [0.25, 0.3) is 11.7 Å². The molecule has 2 N–H and O–H groups in total. The quantitative estimate of drug-likeness (QED) is 0.692. The molecule has 8 heteroatoms. The first kappa shape index (κ1) is 17.5. The van der Waals surface area contributed by atoms with Crippen LogP contribution in [-0.4, -0.2) is 31.4 Å². The second-order valence-electron chi connectivity index (χ2n) is 6.05. The first-order chi connectivity index (χ1) is 12.5. The number of nitrogens with zero attached hydrogens (tertiary/aromatic N) is 4. The molecule has 0 spiro atoms. The Bertz CT molecular complexity index is 979. The Balaban J connectivity index is 1.59. The molecule has 2 amide bonds. The summed E-state index contributed by atoms with van der Waals surface area (Å²) in [7, 11) is 0. The molecule has 0 saturated heterocycles. The molecule has 0 unspecified atom stereocenters. The van der Waals surface area contributed by atoms with Crippen LogP contribution >= 0.6 is 0 Å². The molecule has 8 nitrogen and oxygen atoms in total. The monoisotopic (exact) mass is 352 g/mol. The SMILES string of the molecule is Cc1ccccc1C(=O)NNC(=O)CCc1c(C)nc2ncnn2c1C. The number of fused-ring (bicyclic) bond motifs is 1. The van der Waals surface area contributed by atoms with Crippen LogP contribution in [0.4, 0.5) is 0 Å². The van der Waals surface area contributed by atoms with Crippen molar-refractivity contribution < 1.29 is 9.59 Å². The van der Waals surface area contributed by atoms with Gasteiger partial charge in [0.05, 0.1) is 0 Å². The summed E-state index contributed by atoms with van der Waals surface area (Å²) >= 11 is 0. The minimum absolute atomic E-state index is 0.220. The van der Waals surface area contributed by atoms with Crippen molar-refractivity contribution >= 4 is 17.6 Å². The van der Waals surface area contributed by atoms with E-state index < -0.39 is 0 Å². The largest absolute Gasteiger partial charge is 0.273 e. The predicted molar refractivity (Wildman–Crippen MR) is 95.4 cm³/mol. The van der Waals surface area contributed by atoms with Crippen molar-refractivity contribution in [2.24, 2.45) is 0 Å². The molecule has 3 aromatic rings. The fraction of sp³-hybridized carbons (Fsp3) is 0.278. The minimum atomic E-state index is -0.338. The molecule has 1 aromatic carbocycles. The van der Waals surface area contributed by atoms with Crippen LogP contribution in [-0.2, 0) is 11.2 Å². The van der Waals surface area contributed by atoms with Crippen LogP contribution in [0.1, 0.15) is 39.3 Å². The van der Waals surface area contributed by atoms with Gasteiger partial charge in [0.1, 0.15) is 6.33 Å². The number of amides is 2. The lowest BCUT2D eigenvalue weighted by Gasteiger charge is -2.11. The highest BCUT2D eigenvalue weighted by Gasteiger charge is 2.13. The van der Waals surface area contributed by atoms with Gasteiger partial charge in [-0.25, -0.2) is 9.50 Å². The van der Waals surface area contributed by atoms with E-state index in [1.807, 2.05) is 32.9 Å². The van der Waals surface area contributed by atoms with Crippen molar-refractivity contribution in [2.75, 3.05) is 0 Å². The number of benzene rings is 1. The van der Waals surface area contributed by atoms with E-state index in [2.05, 4.69) is 25.9 Å². The smallest absolute Gasteiger partial charge is 0.269 e. The van der Waals surface area contributed by atoms with E-state index in [4.69, 9.17) is 0 Å². The zero-order valence-corrected chi connectivity index (χ0v) is 14.9. The molecule has 0 atom stereocenters. The van der Waals surface area contributed by atoms with Crippen molar-refractivity contribution in [1.82, 2.24) is 30.4 Å². The van der Waals surface area contributed by atoms with E-state index in [9.17, 15) is 9.59 Å². The van der Waals surface area contributed by atoms with Crippen molar-refractivity contribution in [1.29, 1.82) is 0 Å². The van der Waals surface area contributed by atoms with E-state index in [1.165, 1.54) is 6.33 Å². The maximum Gasteiger partial charge on any atom is 0.269 e. The maximum absolute atomic E-state index is 12.1. The van der Waals surface area contributed by atoms with Gasteiger partial charge in [0, 0.05) is 23.4 Å². The van der Waals surface area contributed by atoms with Gasteiger partial charge in [-0.3, -0.25) is 20.4 Å². The number of carbonyl (C=O) groups is 2. The van der Waals surface area contributed by atoms with Gasteiger partial charge >= 0.3 is 0 Å². The average Bonchev–Trinajstić information content (AvgIpc) is 3.08. The molecule has 0 saturated carbocycles. The number of hydrogen-bond donors (Lipinski definition) is 2. The van der Waals surface area contributed by atoms with Crippen molar-refractivity contribution in [3.05, 3.63) is 58.7 Å². The Hall–Kier alpha value is -3.29. The first-order valence-corrected chi connectivity index (χ1v) is 8.28. The first-order valence-electron chi connectivity index (χ1n) is 8.28. The Labute approximate surface area is 150 Å². The number of aryl methyl sites for hydroxylation is 3. The number of rotatable bonds is 4. The highest BCUT2D eigenvalue weighted by molar-refractivity contribution is 5.96. The Morgan fingerprint density at radius 2 is 1.88 bits per heavy atom. The van der Waals surface area contributed by atoms with Gasteiger partial charge in [-0.15, -0.1) is 0 Å². The summed E-state index contributed by atoms with van der Waals surface area (Å²) in [6.07, 6.45) is 2.16. The van der Waals surface area contributed by atoms with E-state index in [0.717, 1.165) is 22.5 Å². The summed E-state index contributed by atoms with van der Waals surface area (Å²) in [5.74, 6) is -0.0716. The molecule has 0 radical (unpaired) electrons. The Morgan fingerprint density at radius 3 is 2.65 bits per heavy atom. The van der Waals surface area contributed by atoms with Crippen LogP contribution in [0.25, 0.3) is 5.78 Å². The molecule has 0 bridgehead atoms. The predicted octanol–water partition coefficient (Wildman–Crippen LogP) is 1.44. The standard InChI is InChI=1S/C18H20N6O2/c1-11-6-4-5-7-14(11)17(26)23-22-16(25)9-8-15-12(2)21-18-19-10-20-24(18)13(15)3/h4-7,10H,8-9H2,1-3H3,(H,22,25)(H,23,26). The summed E-state index contributed by atoms with van der Waals surface area (Å²) in [4.78, 5) is 32.7. The third kappa shape index (κ3) is 3.53. The second-order valence-corrected chi connectivity index (χ2v) is 6.05. The second kappa shape index (κ2) is 7.30. The van der Waals surface area contributed by atoms with Gasteiger partial charge in [-0.05, 0) is 44.4 Å². The topological polar surface area (TPSA) is 101 Å². The Kier molecular flexibility index (Phi) is 4.92. The number of aromatic nitrogens is 4. The molecular weight excluding hydrogens is 332 g/mol. The third-order valence-corrected chi connectivity index (χ3v) is 4.30. The highest BCUT2D eigenvalue weighted by Crippen LogP contribution is 2.14. The zero-order valence-electron chi connectivity index (χ0n) is 14.9. The molecular formula is C18H20N6O2. The zero-order chi connectivity index (χ0) is 18.7. The Morgan fingerprint density at radius 1 is 1.12 bits per heavy atom. The van der Waals surface area contributed by atoms with Crippen LogP contribution in [0.2, 0.25) is 0 Å². The van der Waals surface area contributed by atoms with Crippen LogP contribution in [0, 0.1) is 20.8 Å². The van der Waals surface area contributed by atoms with Crippen molar-refractivity contribution in [2.45, 2.75) is 33.6 Å². The molecule has 0 fully saturated rings. The number of hydrazine groups is 1. The number of nitrogens with one attached hydrogen (secondary N) is 2. The van der Waals surface area contributed by atoms with Gasteiger partial charge in [-0.1, -0.05) is 18.2 Å². The lowest BCUT2D eigenvalue weighted by Crippen LogP contribution is -2.42. The van der Waals surface area contributed by atoms with Crippen LogP contribution in [0.3, 0.4) is 0 Å². The lowest BCUT2D eigenvalue weighted by atomic mass is 10.1. The molecule has 2 aromatic heterocycles. The molecule has 134 valence electrons. The van der Waals surface area contributed by atoms with Gasteiger partial charge in [-0.2, -0.15) is 10.1 Å². The molecule has 3 rings (SSSR count). The van der Waals surface area contributed by atoms with E-state index in [1.54, 1.807) is 16.6 Å². The molecule has 26 heavy (non-hydrogen) atoms. The summed E-state index contributed by atoms with van der Waals surface area (Å²) in [6.45, 7) is 5.65. The summed E-state index contributed by atoms with van der Waals surface area (Å²) in [5, 5.41) is 4.13. The van der Waals surface area contributed by atoms with Gasteiger partial charge < -0.3 is 0 Å². The fourth-order valence-electron chi connectivity index (χ4n) is 2.84. The lowest BCUT2D eigenvalue weighted by molar-refractivity contribution is -0.121. The average molecular weight is 352 g/mol. The van der Waals surface area contributed by atoms with Crippen LogP contribution in [0.5, 0.6) is 0 Å². The van der Waals surface area contributed by atoms with Crippen molar-refractivity contribution in [3.63, 3.8) is 0 Å². The fourth-order valence-corrected chi connectivity index (χ4v) is 2.84. The highest BCUT2D eigenvalue weighted by atomic mass is 16.2. The molecule has 0 aliphatic rings. The van der Waals surface area contributed by atoms with Crippen LogP contribution < -0.4 is 10.9 Å². The molecule has 2 heterocycles. The van der Waals surface area contributed by atoms with E-state index >= 15 is 0 Å². The number of carbonyl (C=O) groups excluding carboxylic acids is 2. The molecule has 0 aliphatic carbocycles. The number of hydrogen-bond acceptors (Lipinski definition) is 5. The third-order valence-electron chi connectivity index (χ3n) is 4.30. The molecule has 0 aliphatic heterocycles.